The number of carbonyl (C=O) groups is 2. The van der Waals surface area contributed by atoms with E-state index in [1.54, 1.807) is 25.1 Å². The third-order valence-electron chi connectivity index (χ3n) is 4.41. The molecule has 29 heavy (non-hydrogen) atoms. The van der Waals surface area contributed by atoms with Gasteiger partial charge in [-0.3, -0.25) is 4.79 Å². The molecule has 0 radical (unpaired) electrons. The predicted octanol–water partition coefficient (Wildman–Crippen LogP) is 3.68. The number of pyridine rings is 1. The van der Waals surface area contributed by atoms with Gasteiger partial charge < -0.3 is 15.2 Å². The third kappa shape index (κ3) is 10.1. The van der Waals surface area contributed by atoms with Gasteiger partial charge >= 0.3 is 5.97 Å². The summed E-state index contributed by atoms with van der Waals surface area (Å²) in [7, 11) is 0. The van der Waals surface area contributed by atoms with Crippen molar-refractivity contribution in [3.8, 4) is 11.8 Å². The summed E-state index contributed by atoms with van der Waals surface area (Å²) in [6.07, 6.45) is 8.16. The van der Waals surface area contributed by atoms with E-state index in [0.717, 1.165) is 12.8 Å². The number of carbonyl (C=O) groups excluding carboxylic acids is 2. The number of unbranched alkanes of at least 4 members (excludes halogenated alkanes) is 7. The molecule has 2 unspecified atom stereocenters. The Kier molecular flexibility index (Phi) is 12.4. The standard InChI is InChI=1S/C23H34N2O4/c1-4-6-7-8-9-10-11-12-13-15-19-16-14-17-20(25-19)22(27)21(24-18(3)26)23(28)29-5-2/h14,16-17,21-22,27H,4-12H2,1-3H3,(H,24,26). The molecule has 0 aliphatic rings. The summed E-state index contributed by atoms with van der Waals surface area (Å²) in [5, 5.41) is 13.0. The molecule has 0 aromatic carbocycles. The van der Waals surface area contributed by atoms with Crippen LogP contribution in [0.15, 0.2) is 18.2 Å². The van der Waals surface area contributed by atoms with E-state index in [-0.39, 0.29) is 12.3 Å². The Bertz CT molecular complexity index is 694. The highest BCUT2D eigenvalue weighted by molar-refractivity contribution is 5.83. The van der Waals surface area contributed by atoms with Gasteiger partial charge in [-0.1, -0.05) is 57.4 Å². The average Bonchev–Trinajstić information content (AvgIpc) is 2.70. The first-order valence-corrected chi connectivity index (χ1v) is 10.6. The second-order valence-electron chi connectivity index (χ2n) is 7.00. The molecular formula is C23H34N2O4. The number of nitrogens with zero attached hydrogens (tertiary/aromatic N) is 1. The zero-order chi connectivity index (χ0) is 21.5. The molecule has 160 valence electrons. The summed E-state index contributed by atoms with van der Waals surface area (Å²) < 4.78 is 4.94. The number of aromatic nitrogens is 1. The molecule has 0 saturated carbocycles. The number of esters is 1. The van der Waals surface area contributed by atoms with Crippen molar-refractivity contribution in [2.75, 3.05) is 6.61 Å². The van der Waals surface area contributed by atoms with Gasteiger partial charge in [-0.05, 0) is 31.4 Å². The first-order valence-electron chi connectivity index (χ1n) is 10.6. The third-order valence-corrected chi connectivity index (χ3v) is 4.41. The number of hydrogen-bond acceptors (Lipinski definition) is 5. The Labute approximate surface area is 174 Å². The molecule has 1 aromatic rings. The van der Waals surface area contributed by atoms with Gasteiger partial charge in [-0.2, -0.15) is 0 Å². The van der Waals surface area contributed by atoms with E-state index in [9.17, 15) is 14.7 Å². The zero-order valence-electron chi connectivity index (χ0n) is 17.9. The van der Waals surface area contributed by atoms with Crippen molar-refractivity contribution in [3.05, 3.63) is 29.6 Å². The molecule has 1 rings (SSSR count). The van der Waals surface area contributed by atoms with Crippen molar-refractivity contribution in [1.29, 1.82) is 0 Å². The fourth-order valence-corrected chi connectivity index (χ4v) is 2.90. The van der Waals surface area contributed by atoms with E-state index in [4.69, 9.17) is 4.74 Å². The number of hydrogen-bond donors (Lipinski definition) is 2. The first-order chi connectivity index (χ1) is 14.0. The van der Waals surface area contributed by atoms with Crippen LogP contribution in [-0.4, -0.2) is 34.6 Å². The van der Waals surface area contributed by atoms with Crippen LogP contribution in [0.25, 0.3) is 0 Å². The molecule has 0 spiro atoms. The lowest BCUT2D eigenvalue weighted by molar-refractivity contribution is -0.150. The molecule has 2 atom stereocenters. The molecule has 2 N–H and O–H groups in total. The molecule has 0 fully saturated rings. The van der Waals surface area contributed by atoms with E-state index < -0.39 is 24.0 Å². The largest absolute Gasteiger partial charge is 0.464 e. The van der Waals surface area contributed by atoms with Crippen molar-refractivity contribution in [3.63, 3.8) is 0 Å². The quantitative estimate of drug-likeness (QED) is 0.316. The number of aliphatic hydroxyl groups excluding tert-OH is 1. The molecule has 6 nitrogen and oxygen atoms in total. The van der Waals surface area contributed by atoms with Gasteiger partial charge in [0, 0.05) is 13.3 Å². The summed E-state index contributed by atoms with van der Waals surface area (Å²) in [6, 6.07) is 3.86. The Morgan fingerprint density at radius 1 is 1.14 bits per heavy atom. The zero-order valence-corrected chi connectivity index (χ0v) is 17.9. The van der Waals surface area contributed by atoms with Crippen molar-refractivity contribution in [2.24, 2.45) is 0 Å². The van der Waals surface area contributed by atoms with E-state index in [1.807, 2.05) is 0 Å². The second kappa shape index (κ2) is 14.6. The molecule has 0 saturated heterocycles. The first kappa shape index (κ1) is 24.6. The fraction of sp³-hybridized carbons (Fsp3) is 0.609. The molecule has 1 aromatic heterocycles. The van der Waals surface area contributed by atoms with Gasteiger partial charge in [0.1, 0.15) is 11.8 Å². The van der Waals surface area contributed by atoms with E-state index in [0.29, 0.717) is 5.69 Å². The van der Waals surface area contributed by atoms with Crippen LogP contribution >= 0.6 is 0 Å². The van der Waals surface area contributed by atoms with Gasteiger partial charge in [0.15, 0.2) is 6.04 Å². The summed E-state index contributed by atoms with van der Waals surface area (Å²) in [6.45, 7) is 5.31. The lowest BCUT2D eigenvalue weighted by Gasteiger charge is -2.21. The van der Waals surface area contributed by atoms with E-state index in [1.165, 1.54) is 45.4 Å². The van der Waals surface area contributed by atoms with Gasteiger partial charge in [0.2, 0.25) is 5.91 Å². The van der Waals surface area contributed by atoms with Crippen LogP contribution in [0.4, 0.5) is 0 Å². The number of nitrogens with one attached hydrogen (secondary N) is 1. The Hall–Kier alpha value is -2.39. The summed E-state index contributed by atoms with van der Waals surface area (Å²) in [5.74, 6) is 4.99. The van der Waals surface area contributed by atoms with E-state index in [2.05, 4.69) is 29.1 Å². The summed E-state index contributed by atoms with van der Waals surface area (Å²) >= 11 is 0. The molecule has 0 aliphatic carbocycles. The smallest absolute Gasteiger partial charge is 0.331 e. The fourth-order valence-electron chi connectivity index (χ4n) is 2.90. The van der Waals surface area contributed by atoms with Crippen LogP contribution in [-0.2, 0) is 14.3 Å². The van der Waals surface area contributed by atoms with Gasteiger partial charge in [0.25, 0.3) is 0 Å². The van der Waals surface area contributed by atoms with Crippen LogP contribution in [0.5, 0.6) is 0 Å². The Balaban J connectivity index is 2.64. The normalized spacial score (nSPS) is 12.4. The van der Waals surface area contributed by atoms with Crippen molar-refractivity contribution in [2.45, 2.75) is 84.3 Å². The number of aliphatic hydroxyl groups is 1. The highest BCUT2D eigenvalue weighted by Gasteiger charge is 2.31. The molecule has 0 aliphatic heterocycles. The SMILES string of the molecule is CCCCCCCCCC#Cc1cccc(C(O)C(NC(C)=O)C(=O)OCC)n1. The maximum absolute atomic E-state index is 12.1. The van der Waals surface area contributed by atoms with Gasteiger partial charge in [-0.25, -0.2) is 9.78 Å². The highest BCUT2D eigenvalue weighted by Crippen LogP contribution is 2.16. The molecule has 6 heteroatoms. The maximum atomic E-state index is 12.1. The lowest BCUT2D eigenvalue weighted by Crippen LogP contribution is -2.45. The monoisotopic (exact) mass is 402 g/mol. The number of rotatable bonds is 12. The van der Waals surface area contributed by atoms with Crippen LogP contribution in [0.2, 0.25) is 0 Å². The summed E-state index contributed by atoms with van der Waals surface area (Å²) in [5.41, 5.74) is 0.787. The maximum Gasteiger partial charge on any atom is 0.331 e. The van der Waals surface area contributed by atoms with Gasteiger partial charge in [0.05, 0.1) is 12.3 Å². The molecule has 0 bridgehead atoms. The van der Waals surface area contributed by atoms with Crippen molar-refractivity contribution < 1.29 is 19.4 Å². The average molecular weight is 403 g/mol. The van der Waals surface area contributed by atoms with Crippen LogP contribution in [0.1, 0.15) is 89.6 Å². The van der Waals surface area contributed by atoms with Crippen LogP contribution < -0.4 is 5.32 Å². The van der Waals surface area contributed by atoms with Crippen molar-refractivity contribution in [1.82, 2.24) is 10.3 Å². The minimum atomic E-state index is -1.32. The molecule has 1 heterocycles. The topological polar surface area (TPSA) is 88.5 Å². The molecular weight excluding hydrogens is 368 g/mol. The second-order valence-corrected chi connectivity index (χ2v) is 7.00. The van der Waals surface area contributed by atoms with Crippen LogP contribution in [0.3, 0.4) is 0 Å². The molecule has 1 amide bonds. The highest BCUT2D eigenvalue weighted by atomic mass is 16.5. The minimum absolute atomic E-state index is 0.152. The number of ether oxygens (including phenoxy) is 1. The van der Waals surface area contributed by atoms with E-state index >= 15 is 0 Å². The lowest BCUT2D eigenvalue weighted by atomic mass is 10.1. The minimum Gasteiger partial charge on any atom is -0.464 e. The number of amides is 1. The Morgan fingerprint density at radius 2 is 1.83 bits per heavy atom. The Morgan fingerprint density at radius 3 is 2.48 bits per heavy atom. The van der Waals surface area contributed by atoms with Gasteiger partial charge in [-0.15, -0.1) is 0 Å². The van der Waals surface area contributed by atoms with Crippen LogP contribution in [0, 0.1) is 11.8 Å². The van der Waals surface area contributed by atoms with Crippen molar-refractivity contribution >= 4 is 11.9 Å². The predicted molar refractivity (Wildman–Crippen MR) is 113 cm³/mol. The summed E-state index contributed by atoms with van der Waals surface area (Å²) in [4.78, 5) is 27.8.